The lowest BCUT2D eigenvalue weighted by Gasteiger charge is -2.26. The van der Waals surface area contributed by atoms with Gasteiger partial charge in [0, 0.05) is 56.1 Å². The van der Waals surface area contributed by atoms with E-state index in [9.17, 15) is 4.79 Å². The molecule has 1 aliphatic rings. The van der Waals surface area contributed by atoms with E-state index in [0.717, 1.165) is 68.9 Å². The van der Waals surface area contributed by atoms with Gasteiger partial charge in [-0.05, 0) is 64.8 Å². The molecular formula is C26H39N5O2. The van der Waals surface area contributed by atoms with Crippen molar-refractivity contribution < 1.29 is 9.53 Å². The molecule has 0 saturated carbocycles. The van der Waals surface area contributed by atoms with E-state index in [2.05, 4.69) is 29.8 Å². The molecule has 0 aromatic carbocycles. The first-order valence-corrected chi connectivity index (χ1v) is 12.3. The van der Waals surface area contributed by atoms with Crippen LogP contribution in [-0.4, -0.2) is 69.2 Å². The van der Waals surface area contributed by atoms with E-state index >= 15 is 0 Å². The minimum atomic E-state index is -0.464. The van der Waals surface area contributed by atoms with Gasteiger partial charge in [-0.15, -0.1) is 0 Å². The fraction of sp³-hybridized carbons (Fsp3) is 0.615. The molecule has 7 heteroatoms. The highest BCUT2D eigenvalue weighted by Crippen LogP contribution is 2.24. The largest absolute Gasteiger partial charge is 0.444 e. The first-order valence-electron chi connectivity index (χ1n) is 12.3. The van der Waals surface area contributed by atoms with Crippen LogP contribution in [0.15, 0.2) is 30.5 Å². The number of hydrogen-bond acceptors (Lipinski definition) is 6. The van der Waals surface area contributed by atoms with E-state index in [1.165, 1.54) is 0 Å². The van der Waals surface area contributed by atoms with Gasteiger partial charge < -0.3 is 14.5 Å². The molecular weight excluding hydrogens is 414 g/mol. The third-order valence-corrected chi connectivity index (χ3v) is 6.02. The topological polar surface area (TPSA) is 71.5 Å². The lowest BCUT2D eigenvalue weighted by Crippen LogP contribution is -2.39. The molecule has 1 fully saturated rings. The summed E-state index contributed by atoms with van der Waals surface area (Å²) in [6.07, 6.45) is 5.48. The maximum absolute atomic E-state index is 12.4. The standard InChI is InChI=1S/C26H39N5O2/c1-6-20(7-2)23-19-21(28-24(29-23)22-11-8-9-13-27-22)12-16-30-14-10-15-31(18-17-30)25(32)33-26(3,4)5/h8-9,11,13,19-20H,6-7,10,12,14-18H2,1-5H3. The van der Waals surface area contributed by atoms with Gasteiger partial charge in [0.05, 0.1) is 0 Å². The van der Waals surface area contributed by atoms with Crippen LogP contribution in [0.25, 0.3) is 11.5 Å². The van der Waals surface area contributed by atoms with Crippen molar-refractivity contribution in [1.29, 1.82) is 0 Å². The Morgan fingerprint density at radius 3 is 2.55 bits per heavy atom. The third kappa shape index (κ3) is 7.49. The quantitative estimate of drug-likeness (QED) is 0.592. The van der Waals surface area contributed by atoms with Crippen LogP contribution in [0.1, 0.15) is 71.2 Å². The highest BCUT2D eigenvalue weighted by molar-refractivity contribution is 5.68. The molecule has 2 aromatic rings. The second-order valence-electron chi connectivity index (χ2n) is 9.75. The third-order valence-electron chi connectivity index (χ3n) is 6.02. The molecule has 0 bridgehead atoms. The second kappa shape index (κ2) is 11.5. The van der Waals surface area contributed by atoms with Crippen LogP contribution in [-0.2, 0) is 11.2 Å². The second-order valence-corrected chi connectivity index (χ2v) is 9.75. The van der Waals surface area contributed by atoms with E-state index in [4.69, 9.17) is 14.7 Å². The van der Waals surface area contributed by atoms with Crippen LogP contribution in [0.5, 0.6) is 0 Å². The summed E-state index contributed by atoms with van der Waals surface area (Å²) >= 11 is 0. The molecule has 7 nitrogen and oxygen atoms in total. The Hall–Kier alpha value is -2.54. The fourth-order valence-electron chi connectivity index (χ4n) is 4.15. The first kappa shape index (κ1) is 25.1. The number of ether oxygens (including phenoxy) is 1. The van der Waals surface area contributed by atoms with Gasteiger partial charge in [-0.1, -0.05) is 19.9 Å². The van der Waals surface area contributed by atoms with Gasteiger partial charge in [-0.2, -0.15) is 0 Å². The Balaban J connectivity index is 1.68. The van der Waals surface area contributed by atoms with Crippen molar-refractivity contribution in [2.45, 2.75) is 71.8 Å². The van der Waals surface area contributed by atoms with Crippen LogP contribution < -0.4 is 0 Å². The molecule has 2 aromatic heterocycles. The van der Waals surface area contributed by atoms with Crippen LogP contribution in [0.2, 0.25) is 0 Å². The first-order chi connectivity index (χ1) is 15.8. The van der Waals surface area contributed by atoms with Gasteiger partial charge in [-0.25, -0.2) is 14.8 Å². The number of amides is 1. The van der Waals surface area contributed by atoms with Crippen molar-refractivity contribution in [3.8, 4) is 11.5 Å². The van der Waals surface area contributed by atoms with Gasteiger partial charge in [0.25, 0.3) is 0 Å². The molecule has 0 unspecified atom stereocenters. The Bertz CT molecular complexity index is 893. The smallest absolute Gasteiger partial charge is 0.410 e. The van der Waals surface area contributed by atoms with Crippen molar-refractivity contribution >= 4 is 6.09 Å². The van der Waals surface area contributed by atoms with Crippen LogP contribution >= 0.6 is 0 Å². The summed E-state index contributed by atoms with van der Waals surface area (Å²) in [4.78, 5) is 30.9. The summed E-state index contributed by atoms with van der Waals surface area (Å²) in [7, 11) is 0. The van der Waals surface area contributed by atoms with Gasteiger partial charge in [-0.3, -0.25) is 4.98 Å². The Labute approximate surface area is 198 Å². The molecule has 0 N–H and O–H groups in total. The zero-order chi connectivity index (χ0) is 23.8. The lowest BCUT2D eigenvalue weighted by molar-refractivity contribution is 0.0257. The van der Waals surface area contributed by atoms with E-state index in [0.29, 0.717) is 18.3 Å². The average molecular weight is 454 g/mol. The van der Waals surface area contributed by atoms with Gasteiger partial charge in [0.15, 0.2) is 5.82 Å². The Kier molecular flexibility index (Phi) is 8.78. The van der Waals surface area contributed by atoms with E-state index in [-0.39, 0.29) is 6.09 Å². The monoisotopic (exact) mass is 453 g/mol. The number of pyridine rings is 1. The number of carbonyl (C=O) groups is 1. The van der Waals surface area contributed by atoms with Crippen molar-refractivity contribution in [3.05, 3.63) is 41.9 Å². The fourth-order valence-corrected chi connectivity index (χ4v) is 4.15. The van der Waals surface area contributed by atoms with Crippen LogP contribution in [0.3, 0.4) is 0 Å². The molecule has 1 aliphatic heterocycles. The number of aromatic nitrogens is 3. The van der Waals surface area contributed by atoms with Gasteiger partial charge >= 0.3 is 6.09 Å². The van der Waals surface area contributed by atoms with E-state index in [1.807, 2.05) is 43.9 Å². The zero-order valence-corrected chi connectivity index (χ0v) is 20.9. The highest BCUT2D eigenvalue weighted by Gasteiger charge is 2.24. The Morgan fingerprint density at radius 1 is 1.09 bits per heavy atom. The molecule has 0 spiro atoms. The van der Waals surface area contributed by atoms with Crippen molar-refractivity contribution in [2.75, 3.05) is 32.7 Å². The van der Waals surface area contributed by atoms with E-state index in [1.54, 1.807) is 6.20 Å². The minimum Gasteiger partial charge on any atom is -0.444 e. The predicted octanol–water partition coefficient (Wildman–Crippen LogP) is 4.93. The molecule has 0 atom stereocenters. The lowest BCUT2D eigenvalue weighted by atomic mass is 9.98. The van der Waals surface area contributed by atoms with Crippen molar-refractivity contribution in [2.24, 2.45) is 0 Å². The summed E-state index contributed by atoms with van der Waals surface area (Å²) in [5.74, 6) is 1.14. The molecule has 0 aliphatic carbocycles. The van der Waals surface area contributed by atoms with Gasteiger partial charge in [0.1, 0.15) is 11.3 Å². The van der Waals surface area contributed by atoms with E-state index < -0.39 is 5.60 Å². The number of rotatable bonds is 7. The average Bonchev–Trinajstić information content (AvgIpc) is 3.04. The molecule has 1 amide bonds. The maximum atomic E-state index is 12.4. The molecule has 180 valence electrons. The summed E-state index contributed by atoms with van der Waals surface area (Å²) in [5, 5.41) is 0. The molecule has 0 radical (unpaired) electrons. The predicted molar refractivity (Wildman–Crippen MR) is 131 cm³/mol. The highest BCUT2D eigenvalue weighted by atomic mass is 16.6. The van der Waals surface area contributed by atoms with Gasteiger partial charge in [0.2, 0.25) is 0 Å². The molecule has 3 rings (SSSR count). The number of hydrogen-bond donors (Lipinski definition) is 0. The maximum Gasteiger partial charge on any atom is 0.410 e. The normalized spacial score (nSPS) is 15.5. The number of carbonyl (C=O) groups excluding carboxylic acids is 1. The molecule has 1 saturated heterocycles. The number of nitrogens with zero attached hydrogens (tertiary/aromatic N) is 5. The summed E-state index contributed by atoms with van der Waals surface area (Å²) in [6, 6.07) is 8.03. The summed E-state index contributed by atoms with van der Waals surface area (Å²) < 4.78 is 5.55. The van der Waals surface area contributed by atoms with Crippen LogP contribution in [0, 0.1) is 0 Å². The minimum absolute atomic E-state index is 0.213. The zero-order valence-electron chi connectivity index (χ0n) is 20.9. The van der Waals surface area contributed by atoms with Crippen molar-refractivity contribution in [3.63, 3.8) is 0 Å². The van der Waals surface area contributed by atoms with Crippen molar-refractivity contribution in [1.82, 2.24) is 24.8 Å². The summed E-state index contributed by atoms with van der Waals surface area (Å²) in [6.45, 7) is 14.3. The summed E-state index contributed by atoms with van der Waals surface area (Å²) in [5.41, 5.74) is 2.52. The SMILES string of the molecule is CCC(CC)c1cc(CCN2CCCN(C(=O)OC(C)(C)C)CC2)nc(-c2ccccn2)n1. The molecule has 33 heavy (non-hydrogen) atoms. The van der Waals surface area contributed by atoms with Crippen LogP contribution in [0.4, 0.5) is 4.79 Å². The molecule has 3 heterocycles. The Morgan fingerprint density at radius 2 is 1.88 bits per heavy atom.